The van der Waals surface area contributed by atoms with Gasteiger partial charge in [-0.15, -0.1) is 6.42 Å². The van der Waals surface area contributed by atoms with Gasteiger partial charge in [-0.1, -0.05) is 30.5 Å². The van der Waals surface area contributed by atoms with E-state index in [0.717, 1.165) is 57.1 Å². The lowest BCUT2D eigenvalue weighted by molar-refractivity contribution is -0.142. The van der Waals surface area contributed by atoms with E-state index in [0.29, 0.717) is 17.8 Å². The highest BCUT2D eigenvalue weighted by molar-refractivity contribution is 5.96. The van der Waals surface area contributed by atoms with Crippen LogP contribution in [0.5, 0.6) is 0 Å². The van der Waals surface area contributed by atoms with Gasteiger partial charge in [0.1, 0.15) is 5.60 Å². The summed E-state index contributed by atoms with van der Waals surface area (Å²) in [6.45, 7) is 4.22. The predicted molar refractivity (Wildman–Crippen MR) is 107 cm³/mol. The van der Waals surface area contributed by atoms with E-state index in [1.54, 1.807) is 0 Å². The molecule has 0 spiro atoms. The quantitative estimate of drug-likeness (QED) is 0.572. The van der Waals surface area contributed by atoms with E-state index >= 15 is 0 Å². The molecule has 4 aliphatic carbocycles. The highest BCUT2D eigenvalue weighted by atomic mass is 16.6. The predicted octanol–water partition coefficient (Wildman–Crippen LogP) is 3.77. The molecule has 6 atom stereocenters. The summed E-state index contributed by atoms with van der Waals surface area (Å²) in [4.78, 5) is 15.6. The normalized spacial score (nSPS) is 46.0. The Bertz CT molecular complexity index is 780. The molecule has 0 aromatic heterocycles. The van der Waals surface area contributed by atoms with Crippen molar-refractivity contribution >= 4 is 11.7 Å². The number of carboxylic acids is 1. The number of aliphatic hydroxyl groups is 1. The van der Waals surface area contributed by atoms with Crippen molar-refractivity contribution in [2.75, 3.05) is 6.61 Å². The monoisotopic (exact) mass is 385 g/mol. The van der Waals surface area contributed by atoms with Crippen molar-refractivity contribution in [3.63, 3.8) is 0 Å². The summed E-state index contributed by atoms with van der Waals surface area (Å²) in [6.07, 6.45) is 15.8. The largest absolute Gasteiger partial charge is 0.479 e. The molecule has 4 aliphatic rings. The first kappa shape index (κ1) is 19.5. The van der Waals surface area contributed by atoms with Gasteiger partial charge >= 0.3 is 5.97 Å². The number of nitrogens with zero attached hydrogens (tertiary/aromatic N) is 1. The molecular weight excluding hydrogens is 354 g/mol. The lowest BCUT2D eigenvalue weighted by atomic mass is 9.46. The summed E-state index contributed by atoms with van der Waals surface area (Å²) in [6, 6.07) is 0. The van der Waals surface area contributed by atoms with Crippen molar-refractivity contribution < 1.29 is 19.8 Å². The maximum atomic E-state index is 11.1. The number of rotatable bonds is 3. The molecule has 0 aromatic rings. The summed E-state index contributed by atoms with van der Waals surface area (Å²) in [5.41, 5.74) is 1.34. The van der Waals surface area contributed by atoms with Gasteiger partial charge in [-0.05, 0) is 80.6 Å². The van der Waals surface area contributed by atoms with Crippen LogP contribution in [0.25, 0.3) is 0 Å². The molecule has 28 heavy (non-hydrogen) atoms. The number of oxime groups is 1. The van der Waals surface area contributed by atoms with Gasteiger partial charge in [0.2, 0.25) is 6.61 Å². The van der Waals surface area contributed by atoms with Crippen molar-refractivity contribution in [3.8, 4) is 12.3 Å². The molecule has 0 aliphatic heterocycles. The van der Waals surface area contributed by atoms with Crippen LogP contribution in [0.2, 0.25) is 0 Å². The van der Waals surface area contributed by atoms with Crippen LogP contribution >= 0.6 is 0 Å². The molecule has 0 saturated heterocycles. The minimum absolute atomic E-state index is 0.160. The standard InChI is InChI=1S/C23H31NO4/c1-4-23(27)12-9-19-17-6-5-15-13-16(24-28-14-20(25)26)7-10-21(15,2)18(17)8-11-22(19,23)3/h1,13,17-19,27H,5-12,14H2,2-3H3,(H,25,26)/b24-16+/t17-,18+,19+,21-,22-,23+/m0/s1. The minimum atomic E-state index is -1.01. The second-order valence-corrected chi connectivity index (χ2v) is 9.75. The lowest BCUT2D eigenvalue weighted by Gasteiger charge is -2.58. The second kappa shape index (κ2) is 6.62. The first-order valence-corrected chi connectivity index (χ1v) is 10.6. The zero-order valence-corrected chi connectivity index (χ0v) is 16.9. The molecule has 0 radical (unpaired) electrons. The molecule has 3 saturated carbocycles. The molecule has 3 fully saturated rings. The Hall–Kier alpha value is -1.80. The van der Waals surface area contributed by atoms with E-state index < -0.39 is 18.2 Å². The molecule has 0 heterocycles. The van der Waals surface area contributed by atoms with Crippen molar-refractivity contribution in [2.24, 2.45) is 33.7 Å². The van der Waals surface area contributed by atoms with Crippen molar-refractivity contribution in [1.29, 1.82) is 0 Å². The van der Waals surface area contributed by atoms with Crippen LogP contribution in [0.4, 0.5) is 0 Å². The van der Waals surface area contributed by atoms with Crippen LogP contribution in [-0.4, -0.2) is 34.1 Å². The highest BCUT2D eigenvalue weighted by Crippen LogP contribution is 2.67. The van der Waals surface area contributed by atoms with E-state index in [-0.39, 0.29) is 10.8 Å². The summed E-state index contributed by atoms with van der Waals surface area (Å²) in [7, 11) is 0. The first-order valence-electron chi connectivity index (χ1n) is 10.6. The third-order valence-corrected chi connectivity index (χ3v) is 8.74. The zero-order chi connectivity index (χ0) is 20.2. The van der Waals surface area contributed by atoms with Crippen molar-refractivity contribution in [1.82, 2.24) is 0 Å². The fourth-order valence-corrected chi connectivity index (χ4v) is 7.07. The number of carboxylic acid groups (broad SMARTS) is 1. The molecule has 152 valence electrons. The van der Waals surface area contributed by atoms with E-state index in [2.05, 4.69) is 31.0 Å². The number of hydrogen-bond donors (Lipinski definition) is 2. The molecule has 5 nitrogen and oxygen atoms in total. The average molecular weight is 386 g/mol. The molecule has 0 bridgehead atoms. The maximum Gasteiger partial charge on any atom is 0.344 e. The van der Waals surface area contributed by atoms with E-state index in [1.807, 2.05) is 0 Å². The van der Waals surface area contributed by atoms with Crippen LogP contribution < -0.4 is 0 Å². The van der Waals surface area contributed by atoms with Gasteiger partial charge in [-0.25, -0.2) is 4.79 Å². The fraction of sp³-hybridized carbons (Fsp3) is 0.739. The van der Waals surface area contributed by atoms with Gasteiger partial charge in [-0.2, -0.15) is 0 Å². The van der Waals surface area contributed by atoms with E-state index in [1.165, 1.54) is 5.57 Å². The third-order valence-electron chi connectivity index (χ3n) is 8.74. The summed E-state index contributed by atoms with van der Waals surface area (Å²) in [5, 5.41) is 23.8. The zero-order valence-electron chi connectivity index (χ0n) is 16.9. The number of aliphatic carboxylic acids is 1. The van der Waals surface area contributed by atoms with Gasteiger partial charge in [0, 0.05) is 5.41 Å². The maximum absolute atomic E-state index is 11.1. The molecule has 5 heteroatoms. The van der Waals surface area contributed by atoms with Crippen molar-refractivity contribution in [3.05, 3.63) is 11.6 Å². The SMILES string of the molecule is C#C[C@@]1(O)CC[C@@H]2[C@H]3CCC4=C/C(=N/OCC(=O)O)CC[C@]4(C)[C@@H]3CC[C@@]21C. The third kappa shape index (κ3) is 2.72. The number of hydrogen-bond acceptors (Lipinski definition) is 4. The Morgan fingerprint density at radius 3 is 2.71 bits per heavy atom. The van der Waals surface area contributed by atoms with Gasteiger partial charge in [-0.3, -0.25) is 0 Å². The van der Waals surface area contributed by atoms with Crippen LogP contribution in [-0.2, 0) is 9.63 Å². The number of carbonyl (C=O) groups is 1. The molecular formula is C23H31NO4. The summed E-state index contributed by atoms with van der Waals surface area (Å²) >= 11 is 0. The molecule has 0 amide bonds. The summed E-state index contributed by atoms with van der Waals surface area (Å²) in [5.74, 6) is 3.47. The van der Waals surface area contributed by atoms with Crippen LogP contribution in [0, 0.1) is 40.9 Å². The van der Waals surface area contributed by atoms with Gasteiger partial charge in [0.25, 0.3) is 0 Å². The molecule has 4 rings (SSSR count). The second-order valence-electron chi connectivity index (χ2n) is 9.75. The van der Waals surface area contributed by atoms with E-state index in [4.69, 9.17) is 16.4 Å². The van der Waals surface area contributed by atoms with E-state index in [9.17, 15) is 9.90 Å². The van der Waals surface area contributed by atoms with Gasteiger partial charge < -0.3 is 15.1 Å². The highest BCUT2D eigenvalue weighted by Gasteiger charge is 2.63. The van der Waals surface area contributed by atoms with Crippen molar-refractivity contribution in [2.45, 2.75) is 70.8 Å². The van der Waals surface area contributed by atoms with Gasteiger partial charge in [0.05, 0.1) is 5.71 Å². The van der Waals surface area contributed by atoms with Crippen LogP contribution in [0.3, 0.4) is 0 Å². The van der Waals surface area contributed by atoms with Gasteiger partial charge in [0.15, 0.2) is 0 Å². The number of terminal acetylenes is 1. The first-order chi connectivity index (χ1) is 13.2. The smallest absolute Gasteiger partial charge is 0.344 e. The molecule has 0 aromatic carbocycles. The number of allylic oxidation sites excluding steroid dienone is 2. The molecule has 0 unspecified atom stereocenters. The van der Waals surface area contributed by atoms with Crippen LogP contribution in [0.1, 0.15) is 65.2 Å². The molecule has 2 N–H and O–H groups in total. The average Bonchev–Trinajstić information content (AvgIpc) is 2.93. The Morgan fingerprint density at radius 1 is 1.25 bits per heavy atom. The minimum Gasteiger partial charge on any atom is -0.479 e. The Balaban J connectivity index is 1.57. The fourth-order valence-electron chi connectivity index (χ4n) is 7.07. The Labute approximate surface area is 167 Å². The topological polar surface area (TPSA) is 79.1 Å². The Morgan fingerprint density at radius 2 is 2.00 bits per heavy atom. The lowest BCUT2D eigenvalue weighted by Crippen LogP contribution is -2.54. The summed E-state index contributed by atoms with van der Waals surface area (Å²) < 4.78 is 0. The Kier molecular flexibility index (Phi) is 4.62. The van der Waals surface area contributed by atoms with Crippen LogP contribution in [0.15, 0.2) is 16.8 Å². The number of fused-ring (bicyclic) bond motifs is 5.